The molecule has 2 aromatic heterocycles. The number of nitrogens with zero attached hydrogens (tertiary/aromatic N) is 2. The van der Waals surface area contributed by atoms with Crippen LogP contribution >= 0.6 is 0 Å². The Balaban J connectivity index is 1.17. The van der Waals surface area contributed by atoms with E-state index in [1.807, 2.05) is 30.6 Å². The molecule has 0 aliphatic heterocycles. The van der Waals surface area contributed by atoms with Gasteiger partial charge in [0.1, 0.15) is 0 Å². The summed E-state index contributed by atoms with van der Waals surface area (Å²) in [6.45, 7) is 2.19. The zero-order chi connectivity index (χ0) is 17.8. The third kappa shape index (κ3) is 2.46. The number of nitrogens with one attached hydrogen (secondary N) is 1. The SMILES string of the molecule is CCCc1ccc(C23CC(NC(=O)C4CC4c4ccccn4)(C2)C3)nc1. The molecular formula is C22H25N3O. The lowest BCUT2D eigenvalue weighted by Crippen LogP contribution is -2.77. The molecule has 4 saturated carbocycles. The maximum Gasteiger partial charge on any atom is 0.224 e. The summed E-state index contributed by atoms with van der Waals surface area (Å²) in [4.78, 5) is 21.7. The van der Waals surface area contributed by atoms with Crippen LogP contribution in [0.4, 0.5) is 0 Å². The van der Waals surface area contributed by atoms with E-state index >= 15 is 0 Å². The quantitative estimate of drug-likeness (QED) is 0.870. The van der Waals surface area contributed by atoms with Gasteiger partial charge in [-0.2, -0.15) is 0 Å². The molecule has 2 bridgehead atoms. The number of aryl methyl sites for hydroxylation is 1. The van der Waals surface area contributed by atoms with Crippen LogP contribution in [0.1, 0.15) is 61.9 Å². The van der Waals surface area contributed by atoms with Gasteiger partial charge in [-0.05, 0) is 55.9 Å². The summed E-state index contributed by atoms with van der Waals surface area (Å²) in [6.07, 6.45) is 10.2. The van der Waals surface area contributed by atoms with Crippen LogP contribution in [-0.4, -0.2) is 21.4 Å². The van der Waals surface area contributed by atoms with E-state index in [4.69, 9.17) is 4.98 Å². The summed E-state index contributed by atoms with van der Waals surface area (Å²) in [5, 5.41) is 3.35. The minimum atomic E-state index is 0.0398. The van der Waals surface area contributed by atoms with Gasteiger partial charge in [0, 0.05) is 46.6 Å². The number of rotatable bonds is 6. The van der Waals surface area contributed by atoms with Crippen molar-refractivity contribution in [1.82, 2.24) is 15.3 Å². The van der Waals surface area contributed by atoms with Crippen molar-refractivity contribution in [3.05, 3.63) is 59.7 Å². The predicted octanol–water partition coefficient (Wildman–Crippen LogP) is 3.52. The van der Waals surface area contributed by atoms with Gasteiger partial charge >= 0.3 is 0 Å². The maximum atomic E-state index is 12.6. The van der Waals surface area contributed by atoms with Crippen LogP contribution in [0.25, 0.3) is 0 Å². The van der Waals surface area contributed by atoms with E-state index in [0.717, 1.165) is 44.2 Å². The summed E-state index contributed by atoms with van der Waals surface area (Å²) in [6, 6.07) is 10.4. The molecule has 0 aromatic carbocycles. The second-order valence-corrected chi connectivity index (χ2v) is 8.59. The van der Waals surface area contributed by atoms with Crippen molar-refractivity contribution in [3.8, 4) is 0 Å². The van der Waals surface area contributed by atoms with Gasteiger partial charge in [0.05, 0.1) is 0 Å². The summed E-state index contributed by atoms with van der Waals surface area (Å²) >= 11 is 0. The van der Waals surface area contributed by atoms with Crippen molar-refractivity contribution in [2.24, 2.45) is 5.92 Å². The normalized spacial score (nSPS) is 33.7. The Morgan fingerprint density at radius 3 is 2.69 bits per heavy atom. The van der Waals surface area contributed by atoms with Gasteiger partial charge in [-0.25, -0.2) is 0 Å². The van der Waals surface area contributed by atoms with Gasteiger partial charge in [-0.1, -0.05) is 25.5 Å². The Hall–Kier alpha value is -2.23. The number of aromatic nitrogens is 2. The fourth-order valence-electron chi connectivity index (χ4n) is 5.13. The number of hydrogen-bond donors (Lipinski definition) is 1. The van der Waals surface area contributed by atoms with E-state index in [1.165, 1.54) is 11.3 Å². The Morgan fingerprint density at radius 2 is 2.04 bits per heavy atom. The van der Waals surface area contributed by atoms with Crippen molar-refractivity contribution < 1.29 is 4.79 Å². The molecule has 2 heterocycles. The van der Waals surface area contributed by atoms with Crippen molar-refractivity contribution in [2.45, 2.75) is 62.3 Å². The third-order valence-electron chi connectivity index (χ3n) is 6.52. The maximum absolute atomic E-state index is 12.6. The number of pyridine rings is 2. The first-order valence-corrected chi connectivity index (χ1v) is 9.81. The summed E-state index contributed by atoms with van der Waals surface area (Å²) in [5.41, 5.74) is 3.85. The topological polar surface area (TPSA) is 54.9 Å². The van der Waals surface area contributed by atoms with E-state index in [9.17, 15) is 4.79 Å². The van der Waals surface area contributed by atoms with Crippen molar-refractivity contribution >= 4 is 5.91 Å². The first kappa shape index (κ1) is 16.0. The van der Waals surface area contributed by atoms with Gasteiger partial charge in [-0.15, -0.1) is 0 Å². The van der Waals surface area contributed by atoms with Crippen LogP contribution < -0.4 is 5.32 Å². The van der Waals surface area contributed by atoms with Gasteiger partial charge < -0.3 is 5.32 Å². The number of carbonyl (C=O) groups is 1. The largest absolute Gasteiger partial charge is 0.350 e. The molecule has 4 aliphatic rings. The van der Waals surface area contributed by atoms with Crippen molar-refractivity contribution in [2.75, 3.05) is 0 Å². The average molecular weight is 347 g/mol. The van der Waals surface area contributed by atoms with Crippen LogP contribution in [-0.2, 0) is 16.6 Å². The highest BCUT2D eigenvalue weighted by Gasteiger charge is 2.70. The number of hydrogen-bond acceptors (Lipinski definition) is 3. The van der Waals surface area contributed by atoms with E-state index in [0.29, 0.717) is 5.92 Å². The summed E-state index contributed by atoms with van der Waals surface area (Å²) in [7, 11) is 0. The van der Waals surface area contributed by atoms with Crippen LogP contribution in [0.2, 0.25) is 0 Å². The standard InChI is InChI=1S/C22H25N3O/c1-2-5-15-7-8-19(24-11-15)21-12-22(13-21,14-21)25-20(26)17-10-16(17)18-6-3-4-9-23-18/h3-4,6-9,11,16-17H,2,5,10,12-14H2,1H3,(H,25,26). The molecule has 4 fully saturated rings. The predicted molar refractivity (Wildman–Crippen MR) is 99.7 cm³/mol. The zero-order valence-electron chi connectivity index (χ0n) is 15.2. The zero-order valence-corrected chi connectivity index (χ0v) is 15.2. The highest BCUT2D eigenvalue weighted by atomic mass is 16.2. The van der Waals surface area contributed by atoms with Crippen LogP contribution in [0.3, 0.4) is 0 Å². The molecular weight excluding hydrogens is 322 g/mol. The first-order chi connectivity index (χ1) is 12.6. The van der Waals surface area contributed by atoms with E-state index < -0.39 is 0 Å². The second-order valence-electron chi connectivity index (χ2n) is 8.59. The van der Waals surface area contributed by atoms with Gasteiger partial charge in [0.15, 0.2) is 0 Å². The Morgan fingerprint density at radius 1 is 1.19 bits per heavy atom. The Kier molecular flexibility index (Phi) is 3.46. The van der Waals surface area contributed by atoms with Gasteiger partial charge in [0.25, 0.3) is 0 Å². The number of carbonyl (C=O) groups excluding carboxylic acids is 1. The molecule has 0 radical (unpaired) electrons. The summed E-state index contributed by atoms with van der Waals surface area (Å²) in [5.74, 6) is 0.645. The molecule has 1 amide bonds. The molecule has 0 spiro atoms. The molecule has 6 rings (SSSR count). The third-order valence-corrected chi connectivity index (χ3v) is 6.52. The van der Waals surface area contributed by atoms with Crippen LogP contribution in [0, 0.1) is 5.92 Å². The molecule has 4 aliphatic carbocycles. The van der Waals surface area contributed by atoms with E-state index in [-0.39, 0.29) is 22.8 Å². The lowest BCUT2D eigenvalue weighted by atomic mass is 9.38. The van der Waals surface area contributed by atoms with Gasteiger partial charge in [-0.3, -0.25) is 14.8 Å². The number of amides is 1. The molecule has 4 heteroatoms. The molecule has 26 heavy (non-hydrogen) atoms. The Bertz CT molecular complexity index is 810. The molecule has 1 N–H and O–H groups in total. The van der Waals surface area contributed by atoms with Crippen molar-refractivity contribution in [3.63, 3.8) is 0 Å². The van der Waals surface area contributed by atoms with E-state index in [2.05, 4.69) is 29.4 Å². The molecule has 2 atom stereocenters. The average Bonchev–Trinajstić information content (AvgIpc) is 3.40. The minimum Gasteiger partial charge on any atom is -0.350 e. The fourth-order valence-corrected chi connectivity index (χ4v) is 5.13. The second kappa shape index (κ2) is 5.63. The molecule has 2 aromatic rings. The molecule has 4 nitrogen and oxygen atoms in total. The van der Waals surface area contributed by atoms with Crippen molar-refractivity contribution in [1.29, 1.82) is 0 Å². The van der Waals surface area contributed by atoms with Crippen LogP contribution in [0.15, 0.2) is 42.7 Å². The Labute approximate surface area is 154 Å². The fraction of sp³-hybridized carbons (Fsp3) is 0.500. The molecule has 0 saturated heterocycles. The molecule has 2 unspecified atom stereocenters. The van der Waals surface area contributed by atoms with Crippen LogP contribution in [0.5, 0.6) is 0 Å². The minimum absolute atomic E-state index is 0.0398. The monoisotopic (exact) mass is 347 g/mol. The molecule has 134 valence electrons. The smallest absolute Gasteiger partial charge is 0.224 e. The highest BCUT2D eigenvalue weighted by Crippen LogP contribution is 2.67. The lowest BCUT2D eigenvalue weighted by Gasteiger charge is -2.70. The highest BCUT2D eigenvalue weighted by molar-refractivity contribution is 5.84. The van der Waals surface area contributed by atoms with E-state index in [1.54, 1.807) is 0 Å². The lowest BCUT2D eigenvalue weighted by molar-refractivity contribution is -0.139. The summed E-state index contributed by atoms with van der Waals surface area (Å²) < 4.78 is 0. The van der Waals surface area contributed by atoms with Gasteiger partial charge in [0.2, 0.25) is 5.91 Å². The first-order valence-electron chi connectivity index (χ1n) is 9.81.